The molecular weight excluding hydrogens is 272 g/mol. The second-order valence-electron chi connectivity index (χ2n) is 5.57. The minimum absolute atomic E-state index is 0.198. The summed E-state index contributed by atoms with van der Waals surface area (Å²) in [5, 5.41) is 0.791. The fourth-order valence-electron chi connectivity index (χ4n) is 2.79. The molecule has 1 unspecified atom stereocenters. The zero-order valence-corrected chi connectivity index (χ0v) is 13.2. The van der Waals surface area contributed by atoms with E-state index < -0.39 is 0 Å². The van der Waals surface area contributed by atoms with Gasteiger partial charge in [0.25, 0.3) is 0 Å². The van der Waals surface area contributed by atoms with Gasteiger partial charge in [0.15, 0.2) is 0 Å². The summed E-state index contributed by atoms with van der Waals surface area (Å²) in [5.41, 5.74) is 8.67. The smallest absolute Gasteiger partial charge is 0.0605 e. The van der Waals surface area contributed by atoms with Gasteiger partial charge in [-0.3, -0.25) is 0 Å². The molecule has 112 valence electrons. The van der Waals surface area contributed by atoms with Crippen LogP contribution in [-0.2, 0) is 11.2 Å². The topological polar surface area (TPSA) is 38.5 Å². The molecule has 0 amide bonds. The standard InChI is InChI=1S/C16H25ClN2O/c1-3-14(18)11-12-10-13(17)4-5-16(12)19-8-6-15(20-2)7-9-19/h4-5,10,14-15H,3,6-9,11,18H2,1-2H3. The molecule has 1 aromatic rings. The Balaban J connectivity index is 2.14. The highest BCUT2D eigenvalue weighted by Crippen LogP contribution is 2.28. The molecule has 20 heavy (non-hydrogen) atoms. The van der Waals surface area contributed by atoms with Gasteiger partial charge in [0.2, 0.25) is 0 Å². The SMILES string of the molecule is CCC(N)Cc1cc(Cl)ccc1N1CCC(OC)CC1. The number of nitrogens with two attached hydrogens (primary N) is 1. The Labute approximate surface area is 127 Å². The summed E-state index contributed by atoms with van der Waals surface area (Å²) in [6, 6.07) is 6.37. The van der Waals surface area contributed by atoms with E-state index in [2.05, 4.69) is 24.0 Å². The van der Waals surface area contributed by atoms with E-state index >= 15 is 0 Å². The highest BCUT2D eigenvalue weighted by Gasteiger charge is 2.21. The van der Waals surface area contributed by atoms with Gasteiger partial charge in [0.05, 0.1) is 6.10 Å². The molecule has 0 bridgehead atoms. The Morgan fingerprint density at radius 3 is 2.70 bits per heavy atom. The number of anilines is 1. The first-order valence-electron chi connectivity index (χ1n) is 7.45. The summed E-state index contributed by atoms with van der Waals surface area (Å²) in [6.45, 7) is 4.20. The van der Waals surface area contributed by atoms with Crippen molar-refractivity contribution in [3.05, 3.63) is 28.8 Å². The van der Waals surface area contributed by atoms with Crippen LogP contribution in [-0.4, -0.2) is 32.3 Å². The second kappa shape index (κ2) is 7.30. The monoisotopic (exact) mass is 296 g/mol. The number of benzene rings is 1. The van der Waals surface area contributed by atoms with E-state index in [-0.39, 0.29) is 6.04 Å². The van der Waals surface area contributed by atoms with E-state index in [4.69, 9.17) is 22.1 Å². The van der Waals surface area contributed by atoms with Gasteiger partial charge in [0.1, 0.15) is 0 Å². The van der Waals surface area contributed by atoms with Crippen molar-refractivity contribution in [1.29, 1.82) is 0 Å². The average molecular weight is 297 g/mol. The largest absolute Gasteiger partial charge is 0.381 e. The predicted molar refractivity (Wildman–Crippen MR) is 85.7 cm³/mol. The fourth-order valence-corrected chi connectivity index (χ4v) is 2.98. The number of rotatable bonds is 5. The van der Waals surface area contributed by atoms with Crippen molar-refractivity contribution in [2.75, 3.05) is 25.1 Å². The van der Waals surface area contributed by atoms with E-state index in [1.54, 1.807) is 7.11 Å². The number of nitrogens with zero attached hydrogens (tertiary/aromatic N) is 1. The maximum atomic E-state index is 6.15. The Morgan fingerprint density at radius 2 is 2.10 bits per heavy atom. The van der Waals surface area contributed by atoms with Gasteiger partial charge in [-0.25, -0.2) is 0 Å². The lowest BCUT2D eigenvalue weighted by molar-refractivity contribution is 0.0819. The maximum absolute atomic E-state index is 6.15. The van der Waals surface area contributed by atoms with Crippen molar-refractivity contribution < 1.29 is 4.74 Å². The molecular formula is C16H25ClN2O. The number of hydrogen-bond acceptors (Lipinski definition) is 3. The molecule has 2 N–H and O–H groups in total. The number of methoxy groups -OCH3 is 1. The van der Waals surface area contributed by atoms with Crippen molar-refractivity contribution in [2.45, 2.75) is 44.8 Å². The van der Waals surface area contributed by atoms with E-state index in [0.717, 1.165) is 43.8 Å². The van der Waals surface area contributed by atoms with E-state index in [1.807, 2.05) is 6.07 Å². The third-order valence-electron chi connectivity index (χ3n) is 4.16. The van der Waals surface area contributed by atoms with Crippen LogP contribution in [0.25, 0.3) is 0 Å². The molecule has 4 heteroatoms. The van der Waals surface area contributed by atoms with Crippen molar-refractivity contribution >= 4 is 17.3 Å². The Hall–Kier alpha value is -0.770. The normalized spacial score (nSPS) is 18.3. The third kappa shape index (κ3) is 3.87. The molecule has 1 saturated heterocycles. The van der Waals surface area contributed by atoms with Gasteiger partial charge >= 0.3 is 0 Å². The van der Waals surface area contributed by atoms with E-state index in [9.17, 15) is 0 Å². The van der Waals surface area contributed by atoms with Gasteiger partial charge in [-0.2, -0.15) is 0 Å². The number of halogens is 1. The molecule has 1 aliphatic heterocycles. The number of piperidine rings is 1. The Morgan fingerprint density at radius 1 is 1.40 bits per heavy atom. The van der Waals surface area contributed by atoms with Crippen LogP contribution in [0, 0.1) is 0 Å². The van der Waals surface area contributed by atoms with Gasteiger partial charge in [-0.1, -0.05) is 18.5 Å². The van der Waals surface area contributed by atoms with Crippen molar-refractivity contribution in [3.8, 4) is 0 Å². The number of hydrogen-bond donors (Lipinski definition) is 1. The van der Waals surface area contributed by atoms with Crippen LogP contribution < -0.4 is 10.6 Å². The van der Waals surface area contributed by atoms with Gasteiger partial charge < -0.3 is 15.4 Å². The highest BCUT2D eigenvalue weighted by molar-refractivity contribution is 6.30. The van der Waals surface area contributed by atoms with Crippen LogP contribution in [0.4, 0.5) is 5.69 Å². The molecule has 1 aliphatic rings. The van der Waals surface area contributed by atoms with Crippen LogP contribution in [0.2, 0.25) is 5.02 Å². The van der Waals surface area contributed by atoms with Crippen LogP contribution >= 0.6 is 11.6 Å². The molecule has 0 aromatic heterocycles. The zero-order chi connectivity index (χ0) is 14.5. The second-order valence-corrected chi connectivity index (χ2v) is 6.00. The fraction of sp³-hybridized carbons (Fsp3) is 0.625. The molecule has 0 spiro atoms. The summed E-state index contributed by atoms with van der Waals surface area (Å²) in [5.74, 6) is 0. The molecule has 1 fully saturated rings. The van der Waals surface area contributed by atoms with E-state index in [1.165, 1.54) is 11.3 Å². The van der Waals surface area contributed by atoms with Crippen molar-refractivity contribution in [2.24, 2.45) is 5.73 Å². The van der Waals surface area contributed by atoms with E-state index in [0.29, 0.717) is 6.10 Å². The van der Waals surface area contributed by atoms with Gasteiger partial charge in [-0.15, -0.1) is 0 Å². The molecule has 3 nitrogen and oxygen atoms in total. The average Bonchev–Trinajstić information content (AvgIpc) is 2.47. The Kier molecular flexibility index (Phi) is 5.70. The van der Waals surface area contributed by atoms with Crippen molar-refractivity contribution in [3.63, 3.8) is 0 Å². The molecule has 1 heterocycles. The van der Waals surface area contributed by atoms with Gasteiger partial charge in [-0.05, 0) is 49.4 Å². The first kappa shape index (κ1) is 15.6. The van der Waals surface area contributed by atoms with Crippen LogP contribution in [0.1, 0.15) is 31.7 Å². The lowest BCUT2D eigenvalue weighted by Crippen LogP contribution is -2.37. The minimum Gasteiger partial charge on any atom is -0.381 e. The lowest BCUT2D eigenvalue weighted by atomic mass is 10.00. The summed E-state index contributed by atoms with van der Waals surface area (Å²) in [4.78, 5) is 2.43. The molecule has 1 aromatic carbocycles. The summed E-state index contributed by atoms with van der Waals surface area (Å²) < 4.78 is 5.44. The summed E-state index contributed by atoms with van der Waals surface area (Å²) in [7, 11) is 1.80. The first-order valence-corrected chi connectivity index (χ1v) is 7.83. The minimum atomic E-state index is 0.198. The first-order chi connectivity index (χ1) is 9.63. The molecule has 0 aliphatic carbocycles. The molecule has 2 rings (SSSR count). The summed E-state index contributed by atoms with van der Waals surface area (Å²) in [6.07, 6.45) is 4.44. The quantitative estimate of drug-likeness (QED) is 0.906. The van der Waals surface area contributed by atoms with Crippen LogP contribution in [0.15, 0.2) is 18.2 Å². The molecule has 0 radical (unpaired) electrons. The zero-order valence-electron chi connectivity index (χ0n) is 12.4. The lowest BCUT2D eigenvalue weighted by Gasteiger charge is -2.34. The van der Waals surface area contributed by atoms with Crippen LogP contribution in [0.5, 0.6) is 0 Å². The predicted octanol–water partition coefficient (Wildman–Crippen LogP) is 3.24. The van der Waals surface area contributed by atoms with Crippen molar-refractivity contribution in [1.82, 2.24) is 0 Å². The van der Waals surface area contributed by atoms with Crippen LogP contribution in [0.3, 0.4) is 0 Å². The Bertz CT molecular complexity index is 430. The maximum Gasteiger partial charge on any atom is 0.0605 e. The molecule has 1 atom stereocenters. The third-order valence-corrected chi connectivity index (χ3v) is 4.40. The summed E-state index contributed by atoms with van der Waals surface area (Å²) >= 11 is 6.15. The van der Waals surface area contributed by atoms with Gasteiger partial charge in [0, 0.05) is 37.0 Å². The molecule has 0 saturated carbocycles. The number of ether oxygens (including phenoxy) is 1. The highest BCUT2D eigenvalue weighted by atomic mass is 35.5.